The molecule has 6 nitrogen and oxygen atoms in total. The molecule has 2 aliphatic rings. The van der Waals surface area contributed by atoms with Gasteiger partial charge in [0, 0.05) is 38.3 Å². The molecule has 6 heteroatoms. The van der Waals surface area contributed by atoms with E-state index in [0.29, 0.717) is 0 Å². The number of guanidine groups is 1. The Kier molecular flexibility index (Phi) is 5.52. The van der Waals surface area contributed by atoms with Gasteiger partial charge >= 0.3 is 0 Å². The molecule has 0 saturated heterocycles. The summed E-state index contributed by atoms with van der Waals surface area (Å²) >= 11 is 0. The van der Waals surface area contributed by atoms with E-state index in [4.69, 9.17) is 4.74 Å². The highest BCUT2D eigenvalue weighted by Crippen LogP contribution is 2.46. The molecule has 29 heavy (non-hydrogen) atoms. The van der Waals surface area contributed by atoms with E-state index in [1.807, 2.05) is 18.8 Å². The van der Waals surface area contributed by atoms with Crippen LogP contribution in [-0.2, 0) is 13.5 Å². The number of nitrogens with one attached hydrogen (secondary N) is 2. The van der Waals surface area contributed by atoms with E-state index in [1.54, 1.807) is 0 Å². The molecule has 2 N–H and O–H groups in total. The molecule has 1 fully saturated rings. The van der Waals surface area contributed by atoms with Crippen LogP contribution in [0.25, 0.3) is 0 Å². The fraction of sp³-hybridized carbons (Fsp3) is 0.565. The lowest BCUT2D eigenvalue weighted by Gasteiger charge is -2.40. The summed E-state index contributed by atoms with van der Waals surface area (Å²) in [5, 5.41) is 11.7. The average molecular weight is 396 g/mol. The van der Waals surface area contributed by atoms with Gasteiger partial charge in [0.1, 0.15) is 11.4 Å². The molecular formula is C23H33N5O. The summed E-state index contributed by atoms with van der Waals surface area (Å²) < 4.78 is 8.44. The lowest BCUT2D eigenvalue weighted by molar-refractivity contribution is 0.0396. The smallest absolute Gasteiger partial charge is 0.191 e. The van der Waals surface area contributed by atoms with Crippen LogP contribution in [0.3, 0.4) is 0 Å². The molecule has 1 aliphatic heterocycles. The van der Waals surface area contributed by atoms with Gasteiger partial charge in [-0.1, -0.05) is 18.2 Å². The first-order valence-electron chi connectivity index (χ1n) is 10.8. The molecule has 0 amide bonds. The Morgan fingerprint density at radius 2 is 2.03 bits per heavy atom. The van der Waals surface area contributed by atoms with Gasteiger partial charge in [0.05, 0.1) is 11.7 Å². The van der Waals surface area contributed by atoms with Gasteiger partial charge in [0.15, 0.2) is 5.96 Å². The predicted molar refractivity (Wildman–Crippen MR) is 117 cm³/mol. The van der Waals surface area contributed by atoms with Crippen LogP contribution in [0.15, 0.2) is 29.3 Å². The minimum Gasteiger partial charge on any atom is -0.487 e. The number of aryl methyl sites for hydroxylation is 2. The lowest BCUT2D eigenvalue weighted by atomic mass is 9.86. The third-order valence-corrected chi connectivity index (χ3v) is 6.57. The number of para-hydroxylation sites is 1. The van der Waals surface area contributed by atoms with Gasteiger partial charge in [-0.25, -0.2) is 0 Å². The van der Waals surface area contributed by atoms with Crippen molar-refractivity contribution in [3.63, 3.8) is 0 Å². The molecule has 1 atom stereocenters. The standard InChI is InChI=1S/C23H33N5O/c1-16-18(17(2)28(4)27-16)11-14-25-22(24-3)26-20-15-23(12-7-8-13-23)29-21-10-6-5-9-19(20)21/h5-6,9-10,20H,7-8,11-15H2,1-4H3,(H2,24,25,26). The normalized spacial score (nSPS) is 20.4. The molecule has 2 aromatic rings. The zero-order chi connectivity index (χ0) is 20.4. The summed E-state index contributed by atoms with van der Waals surface area (Å²) in [7, 11) is 3.84. The molecule has 1 aliphatic carbocycles. The Morgan fingerprint density at radius 3 is 2.72 bits per heavy atom. The largest absolute Gasteiger partial charge is 0.487 e. The molecule has 1 unspecified atom stereocenters. The second kappa shape index (κ2) is 8.09. The average Bonchev–Trinajstić information content (AvgIpc) is 3.25. The van der Waals surface area contributed by atoms with Gasteiger partial charge in [-0.3, -0.25) is 9.67 Å². The molecule has 4 rings (SSSR count). The van der Waals surface area contributed by atoms with E-state index in [2.05, 4.69) is 58.8 Å². The summed E-state index contributed by atoms with van der Waals surface area (Å²) in [5.41, 5.74) is 4.86. The number of benzene rings is 1. The minimum absolute atomic E-state index is 0.0190. The van der Waals surface area contributed by atoms with Gasteiger partial charge < -0.3 is 15.4 Å². The maximum atomic E-state index is 6.48. The number of nitrogens with zero attached hydrogens (tertiary/aromatic N) is 3. The molecule has 0 radical (unpaired) electrons. The third kappa shape index (κ3) is 3.98. The molecule has 156 valence electrons. The van der Waals surface area contributed by atoms with Gasteiger partial charge in [0.25, 0.3) is 0 Å². The molecule has 2 heterocycles. The van der Waals surface area contributed by atoms with E-state index >= 15 is 0 Å². The van der Waals surface area contributed by atoms with Crippen LogP contribution in [-0.4, -0.2) is 34.9 Å². The molecule has 1 aromatic heterocycles. The van der Waals surface area contributed by atoms with E-state index in [9.17, 15) is 0 Å². The topological polar surface area (TPSA) is 63.5 Å². The van der Waals surface area contributed by atoms with Crippen molar-refractivity contribution in [1.29, 1.82) is 0 Å². The van der Waals surface area contributed by atoms with Gasteiger partial charge in [0.2, 0.25) is 0 Å². The SMILES string of the molecule is CN=C(NCCc1c(C)nn(C)c1C)NC1CC2(CCCC2)Oc2ccccc21. The Morgan fingerprint density at radius 1 is 1.28 bits per heavy atom. The van der Waals surface area contributed by atoms with Crippen LogP contribution < -0.4 is 15.4 Å². The van der Waals surface area contributed by atoms with Crippen molar-refractivity contribution < 1.29 is 4.74 Å². The number of ether oxygens (including phenoxy) is 1. The fourth-order valence-electron chi connectivity index (χ4n) is 4.92. The van der Waals surface area contributed by atoms with Crippen LogP contribution in [0.2, 0.25) is 0 Å². The number of aromatic nitrogens is 2. The molecular weight excluding hydrogens is 362 g/mol. The first-order valence-corrected chi connectivity index (χ1v) is 10.8. The zero-order valence-electron chi connectivity index (χ0n) is 18.1. The van der Waals surface area contributed by atoms with Crippen molar-refractivity contribution >= 4 is 5.96 Å². The summed E-state index contributed by atoms with van der Waals surface area (Å²) in [6, 6.07) is 8.65. The van der Waals surface area contributed by atoms with E-state index in [1.165, 1.54) is 29.7 Å². The van der Waals surface area contributed by atoms with E-state index < -0.39 is 0 Å². The monoisotopic (exact) mass is 395 g/mol. The van der Waals surface area contributed by atoms with Crippen molar-refractivity contribution in [1.82, 2.24) is 20.4 Å². The first-order chi connectivity index (χ1) is 14.0. The van der Waals surface area contributed by atoms with Crippen molar-refractivity contribution in [2.45, 2.75) is 64.0 Å². The Balaban J connectivity index is 1.43. The quantitative estimate of drug-likeness (QED) is 0.614. The van der Waals surface area contributed by atoms with E-state index in [-0.39, 0.29) is 11.6 Å². The fourth-order valence-corrected chi connectivity index (χ4v) is 4.92. The minimum atomic E-state index is -0.0190. The molecule has 1 spiro atoms. The van der Waals surface area contributed by atoms with Crippen molar-refractivity contribution in [3.8, 4) is 5.75 Å². The summed E-state index contributed by atoms with van der Waals surface area (Å²) in [6.45, 7) is 5.03. The number of hydrogen-bond acceptors (Lipinski definition) is 3. The van der Waals surface area contributed by atoms with Crippen molar-refractivity contribution in [2.75, 3.05) is 13.6 Å². The highest BCUT2D eigenvalue weighted by molar-refractivity contribution is 5.80. The number of hydrogen-bond donors (Lipinski definition) is 2. The molecule has 0 bridgehead atoms. The summed E-state index contributed by atoms with van der Waals surface area (Å²) in [5.74, 6) is 1.87. The summed E-state index contributed by atoms with van der Waals surface area (Å²) in [4.78, 5) is 4.48. The molecule has 1 aromatic carbocycles. The molecule has 1 saturated carbocycles. The number of fused-ring (bicyclic) bond motifs is 1. The third-order valence-electron chi connectivity index (χ3n) is 6.57. The highest BCUT2D eigenvalue weighted by Gasteiger charge is 2.43. The zero-order valence-corrected chi connectivity index (χ0v) is 18.1. The van der Waals surface area contributed by atoms with Crippen LogP contribution in [0.4, 0.5) is 0 Å². The van der Waals surface area contributed by atoms with Gasteiger partial charge in [-0.05, 0) is 57.6 Å². The second-order valence-electron chi connectivity index (χ2n) is 8.45. The number of rotatable bonds is 4. The first kappa shape index (κ1) is 19.8. The van der Waals surface area contributed by atoms with Crippen LogP contribution >= 0.6 is 0 Å². The van der Waals surface area contributed by atoms with E-state index in [0.717, 1.165) is 49.6 Å². The predicted octanol–water partition coefficient (Wildman–Crippen LogP) is 3.58. The Labute approximate surface area is 173 Å². The van der Waals surface area contributed by atoms with Crippen molar-refractivity contribution in [2.24, 2.45) is 12.0 Å². The maximum Gasteiger partial charge on any atom is 0.191 e. The van der Waals surface area contributed by atoms with Gasteiger partial charge in [-0.15, -0.1) is 0 Å². The highest BCUT2D eigenvalue weighted by atomic mass is 16.5. The summed E-state index contributed by atoms with van der Waals surface area (Å²) in [6.07, 6.45) is 6.72. The Hall–Kier alpha value is -2.50. The maximum absolute atomic E-state index is 6.48. The van der Waals surface area contributed by atoms with Crippen LogP contribution in [0, 0.1) is 13.8 Å². The van der Waals surface area contributed by atoms with Crippen molar-refractivity contribution in [3.05, 3.63) is 46.8 Å². The van der Waals surface area contributed by atoms with Gasteiger partial charge in [-0.2, -0.15) is 5.10 Å². The second-order valence-corrected chi connectivity index (χ2v) is 8.45. The lowest BCUT2D eigenvalue weighted by Crippen LogP contribution is -2.47. The number of aliphatic imine (C=N–C) groups is 1. The Bertz CT molecular complexity index is 895. The van der Waals surface area contributed by atoms with Crippen LogP contribution in [0.1, 0.15) is 60.7 Å². The van der Waals surface area contributed by atoms with Crippen LogP contribution in [0.5, 0.6) is 5.75 Å².